The average Bonchev–Trinajstić information content (AvgIpc) is 2.70. The maximum Gasteiger partial charge on any atom is 0.471 e. The Labute approximate surface area is 112 Å². The molecule has 0 radical (unpaired) electrons. The monoisotopic (exact) mass is 289 g/mol. The highest BCUT2D eigenvalue weighted by Gasteiger charge is 2.40. The number of hydrogen-bond donors (Lipinski definition) is 1. The van der Waals surface area contributed by atoms with Crippen LogP contribution in [0.25, 0.3) is 0 Å². The molecule has 0 aromatic heterocycles. The Bertz CT molecular complexity index is 539. The fourth-order valence-electron chi connectivity index (χ4n) is 1.82. The zero-order valence-corrected chi connectivity index (χ0v) is 10.4. The minimum atomic E-state index is -4.95. The Morgan fingerprint density at radius 1 is 1.35 bits per heavy atom. The lowest BCUT2D eigenvalue weighted by molar-refractivity contribution is -0.171. The van der Waals surface area contributed by atoms with Gasteiger partial charge in [0.25, 0.3) is 0 Å². The lowest BCUT2D eigenvalue weighted by Gasteiger charge is -2.19. The maximum absolute atomic E-state index is 12.8. The van der Waals surface area contributed by atoms with E-state index >= 15 is 0 Å². The van der Waals surface area contributed by atoms with Crippen molar-refractivity contribution in [1.82, 2.24) is 5.32 Å². The summed E-state index contributed by atoms with van der Waals surface area (Å²) in [6, 6.07) is 5.14. The van der Waals surface area contributed by atoms with Gasteiger partial charge in [0.2, 0.25) is 0 Å². The number of anilines is 1. The van der Waals surface area contributed by atoms with Crippen LogP contribution in [0.15, 0.2) is 29.4 Å². The Kier molecular flexibility index (Phi) is 3.65. The van der Waals surface area contributed by atoms with E-state index in [1.165, 1.54) is 29.3 Å². The van der Waals surface area contributed by atoms with Crippen molar-refractivity contribution >= 4 is 17.4 Å². The lowest BCUT2D eigenvalue weighted by Crippen LogP contribution is -2.40. The van der Waals surface area contributed by atoms with Crippen molar-refractivity contribution in [3.63, 3.8) is 0 Å². The number of carbonyl (C=O) groups is 1. The van der Waals surface area contributed by atoms with E-state index in [2.05, 4.69) is 5.10 Å². The molecular weight excluding hydrogens is 278 g/mol. The SMILES string of the molecule is CC1CC(NC(=O)C(F)(F)F)=NN1c1ccc(F)cc1. The van der Waals surface area contributed by atoms with E-state index in [9.17, 15) is 22.4 Å². The van der Waals surface area contributed by atoms with Gasteiger partial charge >= 0.3 is 12.1 Å². The van der Waals surface area contributed by atoms with Gasteiger partial charge in [-0.15, -0.1) is 0 Å². The largest absolute Gasteiger partial charge is 0.471 e. The predicted octanol–water partition coefficient (Wildman–Crippen LogP) is 2.42. The fourth-order valence-corrected chi connectivity index (χ4v) is 1.82. The van der Waals surface area contributed by atoms with E-state index in [0.29, 0.717) is 5.69 Å². The maximum atomic E-state index is 12.8. The molecule has 20 heavy (non-hydrogen) atoms. The molecule has 1 N–H and O–H groups in total. The molecule has 1 amide bonds. The molecule has 8 heteroatoms. The van der Waals surface area contributed by atoms with E-state index in [4.69, 9.17) is 0 Å². The number of hydrogen-bond acceptors (Lipinski definition) is 3. The van der Waals surface area contributed by atoms with Crippen molar-refractivity contribution < 1.29 is 22.4 Å². The highest BCUT2D eigenvalue weighted by atomic mass is 19.4. The quantitative estimate of drug-likeness (QED) is 0.807. The summed E-state index contributed by atoms with van der Waals surface area (Å²) < 4.78 is 49.2. The molecule has 1 unspecified atom stereocenters. The lowest BCUT2D eigenvalue weighted by atomic mass is 10.2. The van der Waals surface area contributed by atoms with E-state index in [1.54, 1.807) is 12.2 Å². The van der Waals surface area contributed by atoms with Gasteiger partial charge < -0.3 is 5.32 Å². The summed E-state index contributed by atoms with van der Waals surface area (Å²) in [5.74, 6) is -2.54. The van der Waals surface area contributed by atoms with Gasteiger partial charge in [-0.3, -0.25) is 9.80 Å². The number of rotatable bonds is 1. The van der Waals surface area contributed by atoms with Crippen LogP contribution in [-0.2, 0) is 4.79 Å². The molecule has 1 heterocycles. The average molecular weight is 289 g/mol. The molecular formula is C12H11F4N3O. The highest BCUT2D eigenvalue weighted by Crippen LogP contribution is 2.24. The van der Waals surface area contributed by atoms with Crippen LogP contribution in [-0.4, -0.2) is 24.0 Å². The molecule has 1 aliphatic rings. The first-order valence-electron chi connectivity index (χ1n) is 5.78. The first-order valence-corrected chi connectivity index (χ1v) is 5.78. The van der Waals surface area contributed by atoms with Crippen molar-refractivity contribution in [2.24, 2.45) is 5.10 Å². The molecule has 0 spiro atoms. The van der Waals surface area contributed by atoms with Crippen molar-refractivity contribution in [2.45, 2.75) is 25.6 Å². The molecule has 0 saturated heterocycles. The van der Waals surface area contributed by atoms with Crippen LogP contribution in [0.2, 0.25) is 0 Å². The second-order valence-corrected chi connectivity index (χ2v) is 4.37. The topological polar surface area (TPSA) is 44.7 Å². The second kappa shape index (κ2) is 5.10. The van der Waals surface area contributed by atoms with Gasteiger partial charge in [0, 0.05) is 6.42 Å². The second-order valence-electron chi connectivity index (χ2n) is 4.37. The van der Waals surface area contributed by atoms with E-state index in [1.807, 2.05) is 0 Å². The summed E-state index contributed by atoms with van der Waals surface area (Å²) in [6.07, 6.45) is -4.78. The summed E-state index contributed by atoms with van der Waals surface area (Å²) in [5, 5.41) is 7.08. The van der Waals surface area contributed by atoms with Crippen molar-refractivity contribution in [1.29, 1.82) is 0 Å². The van der Waals surface area contributed by atoms with Crippen molar-refractivity contribution in [3.8, 4) is 0 Å². The molecule has 1 atom stereocenters. The van der Waals surface area contributed by atoms with Gasteiger partial charge in [0.05, 0.1) is 11.7 Å². The minimum absolute atomic E-state index is 0.0656. The van der Waals surface area contributed by atoms with E-state index < -0.39 is 17.9 Å². The van der Waals surface area contributed by atoms with Gasteiger partial charge in [-0.1, -0.05) is 0 Å². The third-order valence-corrected chi connectivity index (χ3v) is 2.74. The number of amides is 1. The number of nitrogens with zero attached hydrogens (tertiary/aromatic N) is 2. The van der Waals surface area contributed by atoms with Crippen LogP contribution in [0.3, 0.4) is 0 Å². The van der Waals surface area contributed by atoms with Crippen molar-refractivity contribution in [3.05, 3.63) is 30.1 Å². The summed E-state index contributed by atoms with van der Waals surface area (Å²) in [4.78, 5) is 10.8. The van der Waals surface area contributed by atoms with Crippen molar-refractivity contribution in [2.75, 3.05) is 5.01 Å². The van der Waals surface area contributed by atoms with Crippen LogP contribution in [0.4, 0.5) is 23.2 Å². The summed E-state index contributed by atoms with van der Waals surface area (Å²) >= 11 is 0. The number of carbonyl (C=O) groups excluding carboxylic acids is 1. The van der Waals surface area contributed by atoms with Gasteiger partial charge in [-0.05, 0) is 31.2 Å². The number of amidine groups is 1. The standard InChI is InChI=1S/C12H11F4N3O/c1-7-6-10(17-11(20)12(14,15)16)18-19(7)9-4-2-8(13)3-5-9/h2-5,7H,6H2,1H3,(H,17,18,20). The summed E-state index contributed by atoms with van der Waals surface area (Å²) in [7, 11) is 0. The summed E-state index contributed by atoms with van der Waals surface area (Å²) in [6.45, 7) is 1.74. The summed E-state index contributed by atoms with van der Waals surface area (Å²) in [5.41, 5.74) is 0.537. The first-order chi connectivity index (χ1) is 9.27. The van der Waals surface area contributed by atoms with Gasteiger partial charge in [0.15, 0.2) is 0 Å². The van der Waals surface area contributed by atoms with Crippen LogP contribution in [0.1, 0.15) is 13.3 Å². The molecule has 0 aliphatic carbocycles. The Hall–Kier alpha value is -2.12. The van der Waals surface area contributed by atoms with Crippen LogP contribution >= 0.6 is 0 Å². The number of nitrogens with one attached hydrogen (secondary N) is 1. The molecule has 0 fully saturated rings. The zero-order chi connectivity index (χ0) is 14.9. The molecule has 0 bridgehead atoms. The normalized spacial score (nSPS) is 18.9. The predicted molar refractivity (Wildman–Crippen MR) is 64.6 cm³/mol. The van der Waals surface area contributed by atoms with Crippen LogP contribution in [0.5, 0.6) is 0 Å². The van der Waals surface area contributed by atoms with E-state index in [0.717, 1.165) is 0 Å². The molecule has 108 valence electrons. The fraction of sp³-hybridized carbons (Fsp3) is 0.333. The molecule has 0 saturated carbocycles. The Morgan fingerprint density at radius 2 is 1.95 bits per heavy atom. The molecule has 1 aliphatic heterocycles. The van der Waals surface area contributed by atoms with Gasteiger partial charge in [0.1, 0.15) is 11.7 Å². The first kappa shape index (κ1) is 14.3. The molecule has 1 aromatic carbocycles. The molecule has 1 aromatic rings. The molecule has 4 nitrogen and oxygen atoms in total. The van der Waals surface area contributed by atoms with Gasteiger partial charge in [-0.25, -0.2) is 4.39 Å². The third kappa shape index (κ3) is 3.06. The van der Waals surface area contributed by atoms with Gasteiger partial charge in [-0.2, -0.15) is 18.3 Å². The van der Waals surface area contributed by atoms with Crippen LogP contribution in [0, 0.1) is 5.82 Å². The third-order valence-electron chi connectivity index (χ3n) is 2.74. The van der Waals surface area contributed by atoms with E-state index in [-0.39, 0.29) is 18.3 Å². The zero-order valence-electron chi connectivity index (χ0n) is 10.4. The van der Waals surface area contributed by atoms with Crippen LogP contribution < -0.4 is 10.3 Å². The smallest absolute Gasteiger partial charge is 0.305 e. The Balaban J connectivity index is 2.13. The number of halogens is 4. The number of benzene rings is 1. The number of alkyl halides is 3. The highest BCUT2D eigenvalue weighted by molar-refractivity contribution is 6.02. The molecule has 2 rings (SSSR count). The number of hydrazone groups is 1. The minimum Gasteiger partial charge on any atom is -0.305 e. The Morgan fingerprint density at radius 3 is 2.50 bits per heavy atom.